The summed E-state index contributed by atoms with van der Waals surface area (Å²) in [5.74, 6) is -0.725. The van der Waals surface area contributed by atoms with E-state index in [1.54, 1.807) is 49.4 Å². The minimum atomic E-state index is -0.525. The van der Waals surface area contributed by atoms with Crippen molar-refractivity contribution in [3.8, 4) is 11.8 Å². The van der Waals surface area contributed by atoms with Crippen LogP contribution in [0, 0.1) is 11.3 Å². The number of benzene rings is 3. The molecular weight excluding hydrogens is 458 g/mol. The van der Waals surface area contributed by atoms with Crippen molar-refractivity contribution in [2.24, 2.45) is 0 Å². The molecule has 0 saturated carbocycles. The number of hydrogen-bond donors (Lipinski definition) is 2. The summed E-state index contributed by atoms with van der Waals surface area (Å²) >= 11 is 0. The summed E-state index contributed by atoms with van der Waals surface area (Å²) in [6, 6.07) is 20.2. The van der Waals surface area contributed by atoms with Gasteiger partial charge in [-0.05, 0) is 60.9 Å². The van der Waals surface area contributed by atoms with E-state index in [2.05, 4.69) is 24.5 Å². The Kier molecular flexibility index (Phi) is 8.79. The van der Waals surface area contributed by atoms with Gasteiger partial charge in [0, 0.05) is 17.2 Å². The summed E-state index contributed by atoms with van der Waals surface area (Å²) in [5, 5.41) is 14.7. The lowest BCUT2D eigenvalue weighted by Gasteiger charge is -2.15. The molecule has 0 aliphatic heterocycles. The van der Waals surface area contributed by atoms with E-state index < -0.39 is 11.9 Å². The van der Waals surface area contributed by atoms with Crippen molar-refractivity contribution in [3.63, 3.8) is 0 Å². The molecule has 3 aromatic rings. The van der Waals surface area contributed by atoms with Crippen LogP contribution in [0.1, 0.15) is 58.5 Å². The van der Waals surface area contributed by atoms with E-state index in [0.717, 1.165) is 5.56 Å². The van der Waals surface area contributed by atoms with Gasteiger partial charge in [-0.3, -0.25) is 9.59 Å². The molecule has 0 unspecified atom stereocenters. The molecule has 36 heavy (non-hydrogen) atoms. The summed E-state index contributed by atoms with van der Waals surface area (Å²) < 4.78 is 10.4. The van der Waals surface area contributed by atoms with Gasteiger partial charge in [-0.15, -0.1) is 0 Å². The monoisotopic (exact) mass is 485 g/mol. The van der Waals surface area contributed by atoms with Crippen LogP contribution in [0.4, 0.5) is 11.4 Å². The zero-order chi connectivity index (χ0) is 26.1. The normalized spacial score (nSPS) is 10.3. The van der Waals surface area contributed by atoms with Gasteiger partial charge < -0.3 is 20.1 Å². The molecule has 0 bridgehead atoms. The summed E-state index contributed by atoms with van der Waals surface area (Å²) in [4.78, 5) is 37.5. The summed E-state index contributed by atoms with van der Waals surface area (Å²) in [6.45, 7) is 5.76. The van der Waals surface area contributed by atoms with Gasteiger partial charge in [0.25, 0.3) is 11.8 Å². The number of nitrogens with one attached hydrogen (secondary N) is 2. The van der Waals surface area contributed by atoms with E-state index in [-0.39, 0.29) is 24.8 Å². The Bertz CT molecular complexity index is 1290. The van der Waals surface area contributed by atoms with Gasteiger partial charge in [0.15, 0.2) is 6.61 Å². The SMILES string of the molecule is CCOC(=O)COc1ccc(NC(=O)c2cccc(C#N)c2)c(NC(=O)c2ccc(C(C)C)cc2)c1. The van der Waals surface area contributed by atoms with Crippen LogP contribution in [0.5, 0.6) is 5.75 Å². The first-order valence-electron chi connectivity index (χ1n) is 11.5. The van der Waals surface area contributed by atoms with Crippen LogP contribution in [0.3, 0.4) is 0 Å². The molecule has 2 N–H and O–H groups in total. The Labute approximate surface area is 209 Å². The molecular formula is C28H27N3O5. The fourth-order valence-corrected chi connectivity index (χ4v) is 3.31. The van der Waals surface area contributed by atoms with Gasteiger partial charge in [0.2, 0.25) is 0 Å². The van der Waals surface area contributed by atoms with Gasteiger partial charge in [-0.25, -0.2) is 4.79 Å². The molecule has 3 rings (SSSR count). The average Bonchev–Trinajstić information content (AvgIpc) is 2.88. The number of carbonyl (C=O) groups is 3. The van der Waals surface area contributed by atoms with Crippen molar-refractivity contribution >= 4 is 29.2 Å². The first-order valence-corrected chi connectivity index (χ1v) is 11.5. The molecule has 0 aromatic heterocycles. The minimum absolute atomic E-state index is 0.233. The van der Waals surface area contributed by atoms with Crippen LogP contribution in [-0.2, 0) is 9.53 Å². The summed E-state index contributed by atoms with van der Waals surface area (Å²) in [7, 11) is 0. The van der Waals surface area contributed by atoms with Gasteiger partial charge >= 0.3 is 5.97 Å². The van der Waals surface area contributed by atoms with E-state index in [1.807, 2.05) is 18.2 Å². The van der Waals surface area contributed by atoms with Crippen molar-refractivity contribution < 1.29 is 23.9 Å². The van der Waals surface area contributed by atoms with Crippen LogP contribution in [0.15, 0.2) is 66.7 Å². The molecule has 8 nitrogen and oxygen atoms in total. The molecule has 0 saturated heterocycles. The second-order valence-electron chi connectivity index (χ2n) is 8.18. The minimum Gasteiger partial charge on any atom is -0.482 e. The lowest BCUT2D eigenvalue weighted by molar-refractivity contribution is -0.145. The third-order valence-corrected chi connectivity index (χ3v) is 5.24. The average molecular weight is 486 g/mol. The Balaban J connectivity index is 1.86. The Morgan fingerprint density at radius 2 is 1.58 bits per heavy atom. The van der Waals surface area contributed by atoms with E-state index in [9.17, 15) is 14.4 Å². The highest BCUT2D eigenvalue weighted by molar-refractivity contribution is 6.10. The maximum Gasteiger partial charge on any atom is 0.344 e. The summed E-state index contributed by atoms with van der Waals surface area (Å²) in [5.41, 5.74) is 2.78. The van der Waals surface area contributed by atoms with E-state index in [4.69, 9.17) is 14.7 Å². The number of hydrogen-bond acceptors (Lipinski definition) is 6. The van der Waals surface area contributed by atoms with Gasteiger partial charge in [0.05, 0.1) is 29.6 Å². The third kappa shape index (κ3) is 6.93. The number of carbonyl (C=O) groups excluding carboxylic acids is 3. The molecule has 8 heteroatoms. The van der Waals surface area contributed by atoms with Crippen molar-refractivity contribution in [3.05, 3.63) is 89.0 Å². The van der Waals surface area contributed by atoms with E-state index in [0.29, 0.717) is 34.0 Å². The predicted octanol–water partition coefficient (Wildman–Crippen LogP) is 5.13. The molecule has 184 valence electrons. The molecule has 0 radical (unpaired) electrons. The number of amides is 2. The van der Waals surface area contributed by atoms with Gasteiger partial charge in [0.1, 0.15) is 5.75 Å². The second kappa shape index (κ2) is 12.2. The maximum atomic E-state index is 13.0. The fraction of sp³-hybridized carbons (Fsp3) is 0.214. The maximum absolute atomic E-state index is 13.0. The topological polar surface area (TPSA) is 118 Å². The van der Waals surface area contributed by atoms with Crippen molar-refractivity contribution in [2.75, 3.05) is 23.8 Å². The smallest absolute Gasteiger partial charge is 0.344 e. The van der Waals surface area contributed by atoms with E-state index >= 15 is 0 Å². The first-order chi connectivity index (χ1) is 17.3. The van der Waals surface area contributed by atoms with Crippen LogP contribution in [0.2, 0.25) is 0 Å². The van der Waals surface area contributed by atoms with Crippen LogP contribution >= 0.6 is 0 Å². The Morgan fingerprint density at radius 1 is 0.889 bits per heavy atom. The van der Waals surface area contributed by atoms with Crippen LogP contribution in [0.25, 0.3) is 0 Å². The molecule has 0 atom stereocenters. The van der Waals surface area contributed by atoms with E-state index in [1.165, 1.54) is 12.1 Å². The molecule has 0 spiro atoms. The van der Waals surface area contributed by atoms with Crippen molar-refractivity contribution in [1.29, 1.82) is 5.26 Å². The van der Waals surface area contributed by atoms with Crippen molar-refractivity contribution in [2.45, 2.75) is 26.7 Å². The Morgan fingerprint density at radius 3 is 2.25 bits per heavy atom. The molecule has 3 aromatic carbocycles. The largest absolute Gasteiger partial charge is 0.482 e. The zero-order valence-electron chi connectivity index (χ0n) is 20.3. The van der Waals surface area contributed by atoms with Crippen LogP contribution in [-0.4, -0.2) is 31.0 Å². The van der Waals surface area contributed by atoms with Gasteiger partial charge in [-0.2, -0.15) is 5.26 Å². The van der Waals surface area contributed by atoms with Crippen LogP contribution < -0.4 is 15.4 Å². The summed E-state index contributed by atoms with van der Waals surface area (Å²) in [6.07, 6.45) is 0. The number of nitriles is 1. The second-order valence-corrected chi connectivity index (χ2v) is 8.18. The highest BCUT2D eigenvalue weighted by Gasteiger charge is 2.15. The number of rotatable bonds is 9. The Hall–Kier alpha value is -4.64. The molecule has 2 amide bonds. The molecule has 0 fully saturated rings. The number of esters is 1. The number of ether oxygens (including phenoxy) is 2. The van der Waals surface area contributed by atoms with Crippen molar-refractivity contribution in [1.82, 2.24) is 0 Å². The fourth-order valence-electron chi connectivity index (χ4n) is 3.31. The highest BCUT2D eigenvalue weighted by Crippen LogP contribution is 2.29. The standard InChI is InChI=1S/C28H27N3O5/c1-4-35-26(32)17-36-23-12-13-24(30-28(34)22-7-5-6-19(14-22)16-29)25(15-23)31-27(33)21-10-8-20(9-11-21)18(2)3/h5-15,18H,4,17H2,1-3H3,(H,30,34)(H,31,33). The number of nitrogens with zero attached hydrogens (tertiary/aromatic N) is 1. The molecule has 0 aliphatic rings. The first kappa shape index (κ1) is 26.0. The third-order valence-electron chi connectivity index (χ3n) is 5.24. The lowest BCUT2D eigenvalue weighted by Crippen LogP contribution is -2.18. The van der Waals surface area contributed by atoms with Gasteiger partial charge in [-0.1, -0.05) is 32.0 Å². The predicted molar refractivity (Wildman–Crippen MR) is 136 cm³/mol. The zero-order valence-corrected chi connectivity index (χ0v) is 20.3. The molecule has 0 aliphatic carbocycles. The molecule has 0 heterocycles. The number of anilines is 2. The lowest BCUT2D eigenvalue weighted by atomic mass is 10.0. The highest BCUT2D eigenvalue weighted by atomic mass is 16.6. The quantitative estimate of drug-likeness (QED) is 0.406.